The molecule has 1 aromatic heterocycles. The van der Waals surface area contributed by atoms with Gasteiger partial charge in [-0.25, -0.2) is 13.3 Å². The molecule has 1 aliphatic heterocycles. The summed E-state index contributed by atoms with van der Waals surface area (Å²) < 4.78 is 35.6. The molecule has 34 heavy (non-hydrogen) atoms. The standard InChI is InChI=1S/C25H25BrN2O5S/c1-15-12-16(2)18(4)24(17(15)3)34(31,32)27(14-21-6-5-11-33-21)22-13-23(29)28(25(22)30)20-9-7-19(26)8-10-20/h5-12,22H,13-14H2,1-4H3. The maximum Gasteiger partial charge on any atom is 0.252 e. The molecule has 0 bridgehead atoms. The van der Waals surface area contributed by atoms with E-state index in [1.165, 1.54) is 6.26 Å². The van der Waals surface area contributed by atoms with E-state index < -0.39 is 27.9 Å². The highest BCUT2D eigenvalue weighted by Gasteiger charge is 2.47. The van der Waals surface area contributed by atoms with Gasteiger partial charge < -0.3 is 4.42 Å². The van der Waals surface area contributed by atoms with Gasteiger partial charge in [-0.3, -0.25) is 9.59 Å². The third-order valence-electron chi connectivity index (χ3n) is 6.31. The summed E-state index contributed by atoms with van der Waals surface area (Å²) >= 11 is 3.34. The topological polar surface area (TPSA) is 87.9 Å². The number of benzene rings is 2. The number of amides is 2. The summed E-state index contributed by atoms with van der Waals surface area (Å²) in [5, 5.41) is 0. The zero-order valence-corrected chi connectivity index (χ0v) is 21.7. The van der Waals surface area contributed by atoms with Crippen molar-refractivity contribution in [2.24, 2.45) is 0 Å². The van der Waals surface area contributed by atoms with Gasteiger partial charge in [0.05, 0.1) is 29.8 Å². The van der Waals surface area contributed by atoms with Crippen molar-refractivity contribution < 1.29 is 22.4 Å². The molecule has 1 unspecified atom stereocenters. The fraction of sp³-hybridized carbons (Fsp3) is 0.280. The normalized spacial score (nSPS) is 16.6. The summed E-state index contributed by atoms with van der Waals surface area (Å²) in [6, 6.07) is 10.8. The number of rotatable bonds is 6. The molecule has 1 fully saturated rings. The number of furan rings is 1. The minimum atomic E-state index is -4.17. The summed E-state index contributed by atoms with van der Waals surface area (Å²) in [5.74, 6) is -0.654. The van der Waals surface area contributed by atoms with Gasteiger partial charge in [-0.1, -0.05) is 22.0 Å². The molecule has 0 saturated carbocycles. The molecule has 2 aromatic carbocycles. The largest absolute Gasteiger partial charge is 0.468 e. The second-order valence-corrected chi connectivity index (χ2v) is 11.2. The molecule has 0 N–H and O–H groups in total. The predicted octanol–water partition coefficient (Wildman–Crippen LogP) is 4.80. The van der Waals surface area contributed by atoms with E-state index >= 15 is 0 Å². The zero-order valence-electron chi connectivity index (χ0n) is 19.3. The van der Waals surface area contributed by atoms with Gasteiger partial charge in [-0.05, 0) is 86.3 Å². The molecule has 0 spiro atoms. The SMILES string of the molecule is Cc1cc(C)c(C)c(S(=O)(=O)N(Cc2ccco2)C2CC(=O)N(c3ccc(Br)cc3)C2=O)c1C. The highest BCUT2D eigenvalue weighted by Crippen LogP contribution is 2.34. The quantitative estimate of drug-likeness (QED) is 0.416. The van der Waals surface area contributed by atoms with Gasteiger partial charge in [0.15, 0.2) is 0 Å². The van der Waals surface area contributed by atoms with Gasteiger partial charge in [0.25, 0.3) is 5.91 Å². The molecule has 4 rings (SSSR count). The van der Waals surface area contributed by atoms with Crippen molar-refractivity contribution in [1.82, 2.24) is 4.31 Å². The first-order valence-electron chi connectivity index (χ1n) is 10.8. The summed E-state index contributed by atoms with van der Waals surface area (Å²) in [5.41, 5.74) is 3.31. The molecule has 2 amide bonds. The number of hydrogen-bond donors (Lipinski definition) is 0. The number of anilines is 1. The van der Waals surface area contributed by atoms with Crippen molar-refractivity contribution in [2.75, 3.05) is 4.90 Å². The first-order valence-corrected chi connectivity index (χ1v) is 13.0. The smallest absolute Gasteiger partial charge is 0.252 e. The predicted molar refractivity (Wildman–Crippen MR) is 132 cm³/mol. The van der Waals surface area contributed by atoms with E-state index in [-0.39, 0.29) is 17.9 Å². The Morgan fingerprint density at radius 2 is 1.65 bits per heavy atom. The zero-order chi connectivity index (χ0) is 24.8. The lowest BCUT2D eigenvalue weighted by Gasteiger charge is -2.28. The molecular formula is C25H25BrN2O5S. The first kappa shape index (κ1) is 24.4. The lowest BCUT2D eigenvalue weighted by Crippen LogP contribution is -2.45. The molecule has 3 aromatic rings. The second-order valence-electron chi connectivity index (χ2n) is 8.48. The number of imide groups is 1. The Kier molecular flexibility index (Phi) is 6.54. The summed E-state index contributed by atoms with van der Waals surface area (Å²) in [6.07, 6.45) is 1.20. The third-order valence-corrected chi connectivity index (χ3v) is 8.97. The first-order chi connectivity index (χ1) is 16.0. The number of carbonyl (C=O) groups excluding carboxylic acids is 2. The lowest BCUT2D eigenvalue weighted by atomic mass is 10.0. The Morgan fingerprint density at radius 3 is 2.21 bits per heavy atom. The molecule has 1 atom stereocenters. The van der Waals surface area contributed by atoms with E-state index in [4.69, 9.17) is 4.42 Å². The van der Waals surface area contributed by atoms with Crippen LogP contribution >= 0.6 is 15.9 Å². The van der Waals surface area contributed by atoms with Crippen molar-refractivity contribution >= 4 is 43.5 Å². The minimum absolute atomic E-state index is 0.166. The van der Waals surface area contributed by atoms with E-state index in [0.29, 0.717) is 22.6 Å². The van der Waals surface area contributed by atoms with Crippen LogP contribution in [-0.2, 0) is 26.2 Å². The fourth-order valence-corrected chi connectivity index (χ4v) is 6.70. The van der Waals surface area contributed by atoms with Crippen molar-refractivity contribution in [3.8, 4) is 0 Å². The van der Waals surface area contributed by atoms with Crippen LogP contribution in [0.25, 0.3) is 0 Å². The van der Waals surface area contributed by atoms with Crippen LogP contribution in [0.1, 0.15) is 34.4 Å². The van der Waals surface area contributed by atoms with Crippen LogP contribution in [-0.4, -0.2) is 30.6 Å². The number of carbonyl (C=O) groups is 2. The van der Waals surface area contributed by atoms with E-state index in [1.54, 1.807) is 50.2 Å². The van der Waals surface area contributed by atoms with Gasteiger partial charge in [-0.15, -0.1) is 0 Å². The Morgan fingerprint density at radius 1 is 1.03 bits per heavy atom. The van der Waals surface area contributed by atoms with Crippen LogP contribution in [0, 0.1) is 27.7 Å². The average Bonchev–Trinajstić information content (AvgIpc) is 3.39. The molecular weight excluding hydrogens is 520 g/mol. The van der Waals surface area contributed by atoms with Crippen molar-refractivity contribution in [3.05, 3.63) is 81.2 Å². The Hall–Kier alpha value is -2.75. The molecule has 0 aliphatic carbocycles. The van der Waals surface area contributed by atoms with E-state index in [2.05, 4.69) is 15.9 Å². The number of hydrogen-bond acceptors (Lipinski definition) is 5. The van der Waals surface area contributed by atoms with E-state index in [1.807, 2.05) is 19.9 Å². The van der Waals surface area contributed by atoms with Gasteiger partial charge in [0.1, 0.15) is 11.8 Å². The number of nitrogens with zero attached hydrogens (tertiary/aromatic N) is 2. The Bertz CT molecular complexity index is 1340. The molecule has 9 heteroatoms. The number of sulfonamides is 1. The monoisotopic (exact) mass is 544 g/mol. The summed E-state index contributed by atoms with van der Waals surface area (Å²) in [6.45, 7) is 7.07. The highest BCUT2D eigenvalue weighted by molar-refractivity contribution is 9.10. The highest BCUT2D eigenvalue weighted by atomic mass is 79.9. The number of halogens is 1. The van der Waals surface area contributed by atoms with Crippen LogP contribution in [0.5, 0.6) is 0 Å². The molecule has 1 aliphatic rings. The number of aryl methyl sites for hydroxylation is 2. The minimum Gasteiger partial charge on any atom is -0.468 e. The molecule has 7 nitrogen and oxygen atoms in total. The molecule has 178 valence electrons. The lowest BCUT2D eigenvalue weighted by molar-refractivity contribution is -0.122. The van der Waals surface area contributed by atoms with Gasteiger partial charge >= 0.3 is 0 Å². The van der Waals surface area contributed by atoms with Gasteiger partial charge in [0, 0.05) is 4.47 Å². The van der Waals surface area contributed by atoms with Crippen molar-refractivity contribution in [1.29, 1.82) is 0 Å². The van der Waals surface area contributed by atoms with Crippen molar-refractivity contribution in [2.45, 2.75) is 51.6 Å². The summed E-state index contributed by atoms with van der Waals surface area (Å²) in [4.78, 5) is 27.7. The van der Waals surface area contributed by atoms with Crippen LogP contribution in [0.2, 0.25) is 0 Å². The maximum atomic E-state index is 14.1. The van der Waals surface area contributed by atoms with E-state index in [9.17, 15) is 18.0 Å². The molecule has 1 saturated heterocycles. The third kappa shape index (κ3) is 4.23. The Balaban J connectivity index is 1.83. The van der Waals surface area contributed by atoms with E-state index in [0.717, 1.165) is 24.8 Å². The Labute approximate surface area is 207 Å². The van der Waals surface area contributed by atoms with Crippen molar-refractivity contribution in [3.63, 3.8) is 0 Å². The average molecular weight is 545 g/mol. The molecule has 2 heterocycles. The summed E-state index contributed by atoms with van der Waals surface area (Å²) in [7, 11) is -4.17. The fourth-order valence-electron chi connectivity index (χ4n) is 4.31. The van der Waals surface area contributed by atoms with Crippen LogP contribution < -0.4 is 4.90 Å². The van der Waals surface area contributed by atoms with Crippen LogP contribution in [0.15, 0.2) is 62.5 Å². The second kappa shape index (κ2) is 9.13. The maximum absolute atomic E-state index is 14.1. The van der Waals surface area contributed by atoms with Crippen LogP contribution in [0.4, 0.5) is 5.69 Å². The van der Waals surface area contributed by atoms with Gasteiger partial charge in [0.2, 0.25) is 15.9 Å². The van der Waals surface area contributed by atoms with Gasteiger partial charge in [-0.2, -0.15) is 4.31 Å². The molecule has 0 radical (unpaired) electrons. The van der Waals surface area contributed by atoms with Crippen LogP contribution in [0.3, 0.4) is 0 Å².